The molecule has 2 aliphatic rings. The number of benzene rings is 1. The van der Waals surface area contributed by atoms with Gasteiger partial charge in [0.1, 0.15) is 11.5 Å². The fraction of sp³-hybridized carbons (Fsp3) is 0.650. The molecule has 0 aromatic heterocycles. The SMILES string of the molecule is CN=C(NCCc1cc(OC)ccc1OC)N1CCC2(CCCC2)C1. The Morgan fingerprint density at radius 1 is 1.20 bits per heavy atom. The van der Waals surface area contributed by atoms with E-state index >= 15 is 0 Å². The summed E-state index contributed by atoms with van der Waals surface area (Å²) in [5, 5.41) is 3.53. The summed E-state index contributed by atoms with van der Waals surface area (Å²) in [6.07, 6.45) is 7.77. The average Bonchev–Trinajstić information content (AvgIpc) is 3.28. The van der Waals surface area contributed by atoms with Crippen molar-refractivity contribution in [3.05, 3.63) is 23.8 Å². The van der Waals surface area contributed by atoms with Gasteiger partial charge in [-0.2, -0.15) is 0 Å². The van der Waals surface area contributed by atoms with E-state index in [-0.39, 0.29) is 0 Å². The second-order valence-electron chi connectivity index (χ2n) is 7.28. The summed E-state index contributed by atoms with van der Waals surface area (Å²) in [4.78, 5) is 6.95. The first kappa shape index (κ1) is 17.9. The van der Waals surface area contributed by atoms with E-state index in [4.69, 9.17) is 9.47 Å². The highest BCUT2D eigenvalue weighted by molar-refractivity contribution is 5.80. The van der Waals surface area contributed by atoms with Crippen molar-refractivity contribution in [2.45, 2.75) is 38.5 Å². The van der Waals surface area contributed by atoms with Gasteiger partial charge in [-0.05, 0) is 54.9 Å². The zero-order valence-electron chi connectivity index (χ0n) is 15.8. The van der Waals surface area contributed by atoms with Crippen LogP contribution in [0.5, 0.6) is 11.5 Å². The van der Waals surface area contributed by atoms with Gasteiger partial charge in [0.2, 0.25) is 0 Å². The summed E-state index contributed by atoms with van der Waals surface area (Å²) < 4.78 is 10.8. The summed E-state index contributed by atoms with van der Waals surface area (Å²) in [5.41, 5.74) is 1.71. The molecular weight excluding hydrogens is 314 g/mol. The maximum atomic E-state index is 5.47. The highest BCUT2D eigenvalue weighted by Gasteiger charge is 2.40. The van der Waals surface area contributed by atoms with E-state index in [9.17, 15) is 0 Å². The Kier molecular flexibility index (Phi) is 5.71. The van der Waals surface area contributed by atoms with Gasteiger partial charge in [-0.1, -0.05) is 12.8 Å². The minimum atomic E-state index is 0.563. The molecule has 3 rings (SSSR count). The van der Waals surface area contributed by atoms with Crippen molar-refractivity contribution in [2.24, 2.45) is 10.4 Å². The van der Waals surface area contributed by atoms with Gasteiger partial charge in [0.15, 0.2) is 5.96 Å². The van der Waals surface area contributed by atoms with E-state index in [2.05, 4.69) is 15.2 Å². The highest BCUT2D eigenvalue weighted by atomic mass is 16.5. The molecule has 1 heterocycles. The van der Waals surface area contributed by atoms with Crippen LogP contribution in [0.1, 0.15) is 37.7 Å². The minimum Gasteiger partial charge on any atom is -0.497 e. The van der Waals surface area contributed by atoms with Gasteiger partial charge in [0, 0.05) is 26.7 Å². The molecule has 0 bridgehead atoms. The van der Waals surface area contributed by atoms with E-state index in [1.165, 1.54) is 32.1 Å². The lowest BCUT2D eigenvalue weighted by atomic mass is 9.86. The van der Waals surface area contributed by atoms with Crippen LogP contribution in [-0.2, 0) is 6.42 Å². The number of rotatable bonds is 5. The number of aliphatic imine (C=N–C) groups is 1. The Morgan fingerprint density at radius 2 is 2.00 bits per heavy atom. The largest absolute Gasteiger partial charge is 0.497 e. The van der Waals surface area contributed by atoms with E-state index in [1.807, 2.05) is 25.2 Å². The third kappa shape index (κ3) is 4.02. The Hall–Kier alpha value is -1.91. The molecule has 5 nitrogen and oxygen atoms in total. The predicted molar refractivity (Wildman–Crippen MR) is 102 cm³/mol. The van der Waals surface area contributed by atoms with Crippen molar-refractivity contribution < 1.29 is 9.47 Å². The van der Waals surface area contributed by atoms with Crippen molar-refractivity contribution in [2.75, 3.05) is 40.9 Å². The number of methoxy groups -OCH3 is 2. The second-order valence-corrected chi connectivity index (χ2v) is 7.28. The lowest BCUT2D eigenvalue weighted by Crippen LogP contribution is -2.41. The van der Waals surface area contributed by atoms with Crippen LogP contribution in [0.15, 0.2) is 23.2 Å². The van der Waals surface area contributed by atoms with E-state index in [1.54, 1.807) is 14.2 Å². The molecule has 1 aliphatic heterocycles. The predicted octanol–water partition coefficient (Wildman–Crippen LogP) is 3.09. The van der Waals surface area contributed by atoms with Crippen LogP contribution in [0.4, 0.5) is 0 Å². The molecule has 1 aromatic carbocycles. The fourth-order valence-electron chi connectivity index (χ4n) is 4.37. The van der Waals surface area contributed by atoms with Gasteiger partial charge >= 0.3 is 0 Å². The standard InChI is InChI=1S/C20H31N3O2/c1-21-19(23-13-11-20(15-23)9-4-5-10-20)22-12-8-16-14-17(24-2)6-7-18(16)25-3/h6-7,14H,4-5,8-13,15H2,1-3H3,(H,21,22). The van der Waals surface area contributed by atoms with Crippen LogP contribution in [-0.4, -0.2) is 51.8 Å². The monoisotopic (exact) mass is 345 g/mol. The fourth-order valence-corrected chi connectivity index (χ4v) is 4.37. The Labute approximate surface area is 151 Å². The molecule has 0 radical (unpaired) electrons. The van der Waals surface area contributed by atoms with Crippen molar-refractivity contribution in [1.29, 1.82) is 0 Å². The summed E-state index contributed by atoms with van der Waals surface area (Å²) in [5.74, 6) is 2.80. The Morgan fingerprint density at radius 3 is 2.68 bits per heavy atom. The molecule has 0 atom stereocenters. The summed E-state index contributed by atoms with van der Waals surface area (Å²) in [7, 11) is 5.29. The summed E-state index contributed by atoms with van der Waals surface area (Å²) >= 11 is 0. The molecule has 1 aromatic rings. The molecule has 5 heteroatoms. The van der Waals surface area contributed by atoms with Crippen LogP contribution in [0.3, 0.4) is 0 Å². The van der Waals surface area contributed by atoms with E-state index in [0.29, 0.717) is 5.41 Å². The number of hydrogen-bond donors (Lipinski definition) is 1. The van der Waals surface area contributed by atoms with Crippen molar-refractivity contribution in [3.8, 4) is 11.5 Å². The molecular formula is C20H31N3O2. The molecule has 25 heavy (non-hydrogen) atoms. The number of nitrogens with zero attached hydrogens (tertiary/aromatic N) is 2. The second kappa shape index (κ2) is 7.98. The van der Waals surface area contributed by atoms with E-state index < -0.39 is 0 Å². The average molecular weight is 345 g/mol. The molecule has 138 valence electrons. The molecule has 1 saturated carbocycles. The van der Waals surface area contributed by atoms with Crippen LogP contribution >= 0.6 is 0 Å². The number of hydrogen-bond acceptors (Lipinski definition) is 3. The van der Waals surface area contributed by atoms with Gasteiger partial charge < -0.3 is 19.7 Å². The number of likely N-dealkylation sites (tertiary alicyclic amines) is 1. The lowest BCUT2D eigenvalue weighted by Gasteiger charge is -2.26. The molecule has 1 aliphatic carbocycles. The zero-order valence-corrected chi connectivity index (χ0v) is 15.8. The quantitative estimate of drug-likeness (QED) is 0.658. The first-order valence-corrected chi connectivity index (χ1v) is 9.36. The van der Waals surface area contributed by atoms with Gasteiger partial charge in [-0.3, -0.25) is 4.99 Å². The van der Waals surface area contributed by atoms with Gasteiger partial charge in [-0.25, -0.2) is 0 Å². The third-order valence-electron chi connectivity index (χ3n) is 5.78. The summed E-state index contributed by atoms with van der Waals surface area (Å²) in [6.45, 7) is 3.12. The number of ether oxygens (including phenoxy) is 2. The molecule has 0 unspecified atom stereocenters. The van der Waals surface area contributed by atoms with Crippen LogP contribution in [0, 0.1) is 5.41 Å². The first-order valence-electron chi connectivity index (χ1n) is 9.36. The van der Waals surface area contributed by atoms with Crippen LogP contribution in [0.25, 0.3) is 0 Å². The topological polar surface area (TPSA) is 46.1 Å². The first-order chi connectivity index (χ1) is 12.2. The van der Waals surface area contributed by atoms with Crippen molar-refractivity contribution in [1.82, 2.24) is 10.2 Å². The maximum Gasteiger partial charge on any atom is 0.193 e. The zero-order chi connectivity index (χ0) is 17.7. The van der Waals surface area contributed by atoms with Crippen molar-refractivity contribution >= 4 is 5.96 Å². The highest BCUT2D eigenvalue weighted by Crippen LogP contribution is 2.45. The third-order valence-corrected chi connectivity index (χ3v) is 5.78. The number of guanidine groups is 1. The molecule has 1 saturated heterocycles. The smallest absolute Gasteiger partial charge is 0.193 e. The van der Waals surface area contributed by atoms with Crippen LogP contribution < -0.4 is 14.8 Å². The Bertz CT molecular complexity index is 609. The lowest BCUT2D eigenvalue weighted by molar-refractivity contribution is 0.309. The molecule has 1 spiro atoms. The van der Waals surface area contributed by atoms with E-state index in [0.717, 1.165) is 49.1 Å². The minimum absolute atomic E-state index is 0.563. The van der Waals surface area contributed by atoms with Gasteiger partial charge in [-0.15, -0.1) is 0 Å². The molecule has 1 N–H and O–H groups in total. The summed E-state index contributed by atoms with van der Waals surface area (Å²) in [6, 6.07) is 5.94. The Balaban J connectivity index is 1.56. The molecule has 2 fully saturated rings. The normalized spacial score (nSPS) is 19.5. The molecule has 0 amide bonds. The van der Waals surface area contributed by atoms with Crippen molar-refractivity contribution in [3.63, 3.8) is 0 Å². The maximum absolute atomic E-state index is 5.47. The van der Waals surface area contributed by atoms with Crippen LogP contribution in [0.2, 0.25) is 0 Å². The number of nitrogens with one attached hydrogen (secondary N) is 1. The van der Waals surface area contributed by atoms with Gasteiger partial charge in [0.05, 0.1) is 14.2 Å². The van der Waals surface area contributed by atoms with Gasteiger partial charge in [0.25, 0.3) is 0 Å².